The van der Waals surface area contributed by atoms with E-state index >= 15 is 0 Å². The molecule has 0 amide bonds. The number of aliphatic hydroxyl groups excluding tert-OH is 1. The lowest BCUT2D eigenvalue weighted by atomic mass is 10.2. The number of benzene rings is 1. The number of nitrogens with zero attached hydrogens (tertiary/aromatic N) is 1. The summed E-state index contributed by atoms with van der Waals surface area (Å²) in [5.41, 5.74) is 8.50. The predicted molar refractivity (Wildman–Crippen MR) is 78.2 cm³/mol. The Kier molecular flexibility index (Phi) is 4.04. The second-order valence-electron chi connectivity index (χ2n) is 4.46. The summed E-state index contributed by atoms with van der Waals surface area (Å²) in [5, 5.41) is 13.9. The van der Waals surface area contributed by atoms with Gasteiger partial charge in [-0.1, -0.05) is 13.3 Å². The van der Waals surface area contributed by atoms with Gasteiger partial charge in [0.2, 0.25) is 0 Å². The summed E-state index contributed by atoms with van der Waals surface area (Å²) in [7, 11) is 0. The molecule has 0 radical (unpaired) electrons. The average Bonchev–Trinajstić information content (AvgIpc) is 2.65. The third kappa shape index (κ3) is 2.91. The number of hydrogen-bond donors (Lipinski definition) is 3. The van der Waals surface area contributed by atoms with E-state index in [0.29, 0.717) is 12.2 Å². The number of hydrogen-bond acceptors (Lipinski definition) is 5. The maximum atomic E-state index is 9.70. The lowest BCUT2D eigenvalue weighted by Gasteiger charge is -2.13. The highest BCUT2D eigenvalue weighted by molar-refractivity contribution is 7.18. The van der Waals surface area contributed by atoms with Crippen molar-refractivity contribution in [3.63, 3.8) is 0 Å². The molecule has 0 spiro atoms. The van der Waals surface area contributed by atoms with E-state index in [-0.39, 0.29) is 6.10 Å². The average molecular weight is 265 g/mol. The molecule has 0 fully saturated rings. The highest BCUT2D eigenvalue weighted by atomic mass is 32.1. The Hall–Kier alpha value is -1.33. The SMILES string of the molecule is CCCC(O)CNc1cc2nc(C)sc2cc1N. The third-order valence-electron chi connectivity index (χ3n) is 2.82. The Morgan fingerprint density at radius 1 is 1.50 bits per heavy atom. The highest BCUT2D eigenvalue weighted by Crippen LogP contribution is 2.29. The van der Waals surface area contributed by atoms with Gasteiger partial charge in [0, 0.05) is 6.54 Å². The van der Waals surface area contributed by atoms with Gasteiger partial charge < -0.3 is 16.2 Å². The molecule has 98 valence electrons. The summed E-state index contributed by atoms with van der Waals surface area (Å²) in [6.07, 6.45) is 1.44. The molecule has 4 N–H and O–H groups in total. The van der Waals surface area contributed by atoms with E-state index in [1.54, 1.807) is 11.3 Å². The number of nitrogens with two attached hydrogens (primary N) is 1. The fourth-order valence-corrected chi connectivity index (χ4v) is 2.78. The molecule has 1 heterocycles. The van der Waals surface area contributed by atoms with Gasteiger partial charge in [-0.25, -0.2) is 4.98 Å². The van der Waals surface area contributed by atoms with Crippen molar-refractivity contribution in [3.05, 3.63) is 17.1 Å². The normalized spacial score (nSPS) is 12.8. The smallest absolute Gasteiger partial charge is 0.0907 e. The first-order chi connectivity index (χ1) is 8.60. The first-order valence-corrected chi connectivity index (χ1v) is 7.00. The standard InChI is InChI=1S/C13H19N3OS/c1-3-4-9(17)7-15-11-6-12-13(5-10(11)14)18-8(2)16-12/h5-6,9,15,17H,3-4,7,14H2,1-2H3. The fraction of sp³-hybridized carbons (Fsp3) is 0.462. The zero-order chi connectivity index (χ0) is 13.1. The molecule has 0 saturated heterocycles. The maximum absolute atomic E-state index is 9.70. The Balaban J connectivity index is 2.14. The zero-order valence-electron chi connectivity index (χ0n) is 10.7. The molecule has 1 aromatic carbocycles. The molecule has 1 aromatic heterocycles. The molecule has 2 aromatic rings. The second kappa shape index (κ2) is 5.54. The Labute approximate surface area is 111 Å². The number of rotatable bonds is 5. The molecular weight excluding hydrogens is 246 g/mol. The molecule has 0 bridgehead atoms. The van der Waals surface area contributed by atoms with Crippen molar-refractivity contribution in [2.24, 2.45) is 0 Å². The van der Waals surface area contributed by atoms with Crippen LogP contribution >= 0.6 is 11.3 Å². The van der Waals surface area contributed by atoms with Crippen molar-refractivity contribution < 1.29 is 5.11 Å². The van der Waals surface area contributed by atoms with Crippen molar-refractivity contribution in [1.82, 2.24) is 4.98 Å². The molecule has 5 heteroatoms. The number of aryl methyl sites for hydroxylation is 1. The summed E-state index contributed by atoms with van der Waals surface area (Å²) in [6.45, 7) is 4.56. The molecule has 4 nitrogen and oxygen atoms in total. The van der Waals surface area contributed by atoms with E-state index in [0.717, 1.165) is 33.8 Å². The van der Waals surface area contributed by atoms with Crippen LogP contribution < -0.4 is 11.1 Å². The van der Waals surface area contributed by atoms with Gasteiger partial charge in [0.1, 0.15) is 0 Å². The molecule has 1 unspecified atom stereocenters. The number of aliphatic hydroxyl groups is 1. The van der Waals surface area contributed by atoms with Crippen LogP contribution in [0.5, 0.6) is 0 Å². The quantitative estimate of drug-likeness (QED) is 0.727. The van der Waals surface area contributed by atoms with Gasteiger partial charge in [-0.3, -0.25) is 0 Å². The third-order valence-corrected chi connectivity index (χ3v) is 3.75. The number of thiazole rings is 1. The summed E-state index contributed by atoms with van der Waals surface area (Å²) >= 11 is 1.64. The topological polar surface area (TPSA) is 71.2 Å². The Morgan fingerprint density at radius 3 is 3.00 bits per heavy atom. The molecule has 0 aliphatic carbocycles. The minimum atomic E-state index is -0.331. The first-order valence-electron chi connectivity index (χ1n) is 6.18. The lowest BCUT2D eigenvalue weighted by molar-refractivity contribution is 0.176. The van der Waals surface area contributed by atoms with Gasteiger partial charge in [-0.2, -0.15) is 0 Å². The minimum Gasteiger partial charge on any atom is -0.397 e. The molecule has 18 heavy (non-hydrogen) atoms. The van der Waals surface area contributed by atoms with Crippen LogP contribution in [0.4, 0.5) is 11.4 Å². The van der Waals surface area contributed by atoms with E-state index in [1.807, 2.05) is 19.1 Å². The highest BCUT2D eigenvalue weighted by Gasteiger charge is 2.08. The van der Waals surface area contributed by atoms with Gasteiger partial charge in [-0.05, 0) is 25.5 Å². The van der Waals surface area contributed by atoms with Crippen molar-refractivity contribution >= 4 is 32.9 Å². The van der Waals surface area contributed by atoms with E-state index < -0.39 is 0 Å². The molecule has 0 aliphatic rings. The Morgan fingerprint density at radius 2 is 2.28 bits per heavy atom. The van der Waals surface area contributed by atoms with Gasteiger partial charge in [0.15, 0.2) is 0 Å². The van der Waals surface area contributed by atoms with E-state index in [1.165, 1.54) is 0 Å². The van der Waals surface area contributed by atoms with Crippen molar-refractivity contribution in [2.75, 3.05) is 17.6 Å². The van der Waals surface area contributed by atoms with Crippen LogP contribution in [-0.2, 0) is 0 Å². The molecule has 2 rings (SSSR count). The summed E-state index contributed by atoms with van der Waals surface area (Å²) < 4.78 is 1.10. The summed E-state index contributed by atoms with van der Waals surface area (Å²) in [5.74, 6) is 0. The van der Waals surface area contributed by atoms with Gasteiger partial charge in [0.25, 0.3) is 0 Å². The largest absolute Gasteiger partial charge is 0.397 e. The van der Waals surface area contributed by atoms with E-state index in [9.17, 15) is 5.11 Å². The predicted octanol–water partition coefficient (Wildman–Crippen LogP) is 2.76. The first kappa shape index (κ1) is 13.1. The molecule has 0 saturated carbocycles. The maximum Gasteiger partial charge on any atom is 0.0907 e. The van der Waals surface area contributed by atoms with Crippen LogP contribution in [0.25, 0.3) is 10.2 Å². The lowest BCUT2D eigenvalue weighted by Crippen LogP contribution is -2.19. The molecular formula is C13H19N3OS. The van der Waals surface area contributed by atoms with Gasteiger partial charge >= 0.3 is 0 Å². The number of anilines is 2. The van der Waals surface area contributed by atoms with Crippen molar-refractivity contribution in [1.29, 1.82) is 0 Å². The van der Waals surface area contributed by atoms with E-state index in [4.69, 9.17) is 5.73 Å². The number of nitrogen functional groups attached to an aromatic ring is 1. The van der Waals surface area contributed by atoms with Gasteiger partial charge in [0.05, 0.1) is 32.7 Å². The monoisotopic (exact) mass is 265 g/mol. The van der Waals surface area contributed by atoms with Crippen LogP contribution in [0.3, 0.4) is 0 Å². The van der Waals surface area contributed by atoms with Crippen molar-refractivity contribution in [3.8, 4) is 0 Å². The molecule has 0 aliphatic heterocycles. The van der Waals surface area contributed by atoms with Crippen LogP contribution in [-0.4, -0.2) is 22.7 Å². The zero-order valence-corrected chi connectivity index (χ0v) is 11.5. The fourth-order valence-electron chi connectivity index (χ4n) is 1.92. The van der Waals surface area contributed by atoms with Crippen LogP contribution in [0.15, 0.2) is 12.1 Å². The number of fused-ring (bicyclic) bond motifs is 1. The summed E-state index contributed by atoms with van der Waals surface area (Å²) in [6, 6.07) is 3.89. The minimum absolute atomic E-state index is 0.331. The van der Waals surface area contributed by atoms with Crippen molar-refractivity contribution in [2.45, 2.75) is 32.8 Å². The second-order valence-corrected chi connectivity index (χ2v) is 5.70. The van der Waals surface area contributed by atoms with Crippen LogP contribution in [0.2, 0.25) is 0 Å². The number of nitrogens with one attached hydrogen (secondary N) is 1. The van der Waals surface area contributed by atoms with Crippen LogP contribution in [0.1, 0.15) is 24.8 Å². The van der Waals surface area contributed by atoms with E-state index in [2.05, 4.69) is 17.2 Å². The van der Waals surface area contributed by atoms with Crippen LogP contribution in [0, 0.1) is 6.92 Å². The molecule has 1 atom stereocenters. The van der Waals surface area contributed by atoms with Gasteiger partial charge in [-0.15, -0.1) is 11.3 Å². The summed E-state index contributed by atoms with van der Waals surface area (Å²) in [4.78, 5) is 4.44. The Bertz CT molecular complexity index is 538. The number of aromatic nitrogens is 1.